The van der Waals surface area contributed by atoms with E-state index >= 15 is 0 Å². The summed E-state index contributed by atoms with van der Waals surface area (Å²) in [6, 6.07) is 0.390. The lowest BCUT2D eigenvalue weighted by Crippen LogP contribution is -2.44. The van der Waals surface area contributed by atoms with Crippen molar-refractivity contribution in [2.75, 3.05) is 19.7 Å². The van der Waals surface area contributed by atoms with Crippen LogP contribution in [0.4, 0.5) is 0 Å². The molecule has 2 heterocycles. The van der Waals surface area contributed by atoms with Gasteiger partial charge in [0, 0.05) is 25.6 Å². The summed E-state index contributed by atoms with van der Waals surface area (Å²) in [4.78, 5) is 14.3. The van der Waals surface area contributed by atoms with E-state index < -0.39 is 0 Å². The maximum atomic E-state index is 12.3. The highest BCUT2D eigenvalue weighted by molar-refractivity contribution is 5.76. The monoisotopic (exact) mass is 254 g/mol. The molecule has 2 unspecified atom stereocenters. The minimum absolute atomic E-state index is 0.309. The van der Waals surface area contributed by atoms with Gasteiger partial charge in [0.2, 0.25) is 5.91 Å². The van der Waals surface area contributed by atoms with E-state index in [-0.39, 0.29) is 0 Å². The minimum Gasteiger partial charge on any atom is -0.378 e. The third-order valence-electron chi connectivity index (χ3n) is 4.15. The van der Waals surface area contributed by atoms with E-state index in [2.05, 4.69) is 4.90 Å². The lowest BCUT2D eigenvalue weighted by atomic mass is 9.98. The van der Waals surface area contributed by atoms with Gasteiger partial charge >= 0.3 is 0 Å². The summed E-state index contributed by atoms with van der Waals surface area (Å²) in [5.74, 6) is 0.309. The average Bonchev–Trinajstić information content (AvgIpc) is 2.90. The molecule has 0 bridgehead atoms. The first kappa shape index (κ1) is 13.8. The first-order valence-corrected chi connectivity index (χ1v) is 7.42. The highest BCUT2D eigenvalue weighted by Crippen LogP contribution is 2.22. The molecule has 0 spiro atoms. The van der Waals surface area contributed by atoms with Crippen LogP contribution in [0.2, 0.25) is 0 Å². The zero-order valence-corrected chi connectivity index (χ0v) is 11.3. The second kappa shape index (κ2) is 7.10. The molecule has 0 aromatic heterocycles. The van der Waals surface area contributed by atoms with Crippen molar-refractivity contribution in [1.29, 1.82) is 0 Å². The molecule has 0 aromatic carbocycles. The molecule has 0 saturated carbocycles. The Kier molecular flexibility index (Phi) is 5.45. The average molecular weight is 254 g/mol. The zero-order chi connectivity index (χ0) is 12.8. The number of carbonyl (C=O) groups excluding carboxylic acids is 1. The molecule has 1 amide bonds. The predicted molar refractivity (Wildman–Crippen MR) is 71.2 cm³/mol. The maximum absolute atomic E-state index is 12.3. The topological polar surface area (TPSA) is 55.6 Å². The number of amides is 1. The minimum atomic E-state index is 0.309. The summed E-state index contributed by atoms with van der Waals surface area (Å²) >= 11 is 0. The van der Waals surface area contributed by atoms with E-state index in [1.807, 2.05) is 0 Å². The Morgan fingerprint density at radius 2 is 2.11 bits per heavy atom. The number of nitrogens with two attached hydrogens (primary N) is 1. The quantitative estimate of drug-likeness (QED) is 0.812. The number of hydrogen-bond donors (Lipinski definition) is 1. The van der Waals surface area contributed by atoms with Gasteiger partial charge in [0.25, 0.3) is 0 Å². The SMILES string of the molecule is NCCC1CCCCN1C(=O)CCC1CCCO1. The number of likely N-dealkylation sites (tertiary alicyclic amines) is 1. The maximum Gasteiger partial charge on any atom is 0.222 e. The fourth-order valence-corrected chi connectivity index (χ4v) is 3.12. The van der Waals surface area contributed by atoms with Crippen LogP contribution in [-0.4, -0.2) is 42.6 Å². The van der Waals surface area contributed by atoms with Crippen molar-refractivity contribution in [3.8, 4) is 0 Å². The Morgan fingerprint density at radius 1 is 1.22 bits per heavy atom. The molecule has 2 aliphatic heterocycles. The smallest absolute Gasteiger partial charge is 0.222 e. The van der Waals surface area contributed by atoms with Gasteiger partial charge in [-0.25, -0.2) is 0 Å². The van der Waals surface area contributed by atoms with E-state index in [0.29, 0.717) is 31.0 Å². The van der Waals surface area contributed by atoms with Gasteiger partial charge in [0.1, 0.15) is 0 Å². The molecular weight excluding hydrogens is 228 g/mol. The summed E-state index contributed by atoms with van der Waals surface area (Å²) < 4.78 is 5.57. The van der Waals surface area contributed by atoms with E-state index in [1.54, 1.807) is 0 Å². The van der Waals surface area contributed by atoms with Crippen LogP contribution in [0.5, 0.6) is 0 Å². The van der Waals surface area contributed by atoms with E-state index in [4.69, 9.17) is 10.5 Å². The van der Waals surface area contributed by atoms with Gasteiger partial charge in [-0.2, -0.15) is 0 Å². The number of rotatable bonds is 5. The molecular formula is C14H26N2O2. The summed E-state index contributed by atoms with van der Waals surface area (Å²) in [7, 11) is 0. The highest BCUT2D eigenvalue weighted by atomic mass is 16.5. The third kappa shape index (κ3) is 3.69. The molecule has 0 aliphatic carbocycles. The van der Waals surface area contributed by atoms with Crippen molar-refractivity contribution in [3.05, 3.63) is 0 Å². The van der Waals surface area contributed by atoms with Crippen molar-refractivity contribution < 1.29 is 9.53 Å². The van der Waals surface area contributed by atoms with Crippen LogP contribution in [0, 0.1) is 0 Å². The molecule has 0 aromatic rings. The standard InChI is InChI=1S/C14H26N2O2/c15-9-8-12-4-1-2-10-16(12)14(17)7-6-13-5-3-11-18-13/h12-13H,1-11,15H2. The van der Waals surface area contributed by atoms with E-state index in [1.165, 1.54) is 6.42 Å². The Labute approximate surface area is 110 Å². The lowest BCUT2D eigenvalue weighted by molar-refractivity contribution is -0.135. The van der Waals surface area contributed by atoms with Gasteiger partial charge in [-0.1, -0.05) is 0 Å². The third-order valence-corrected chi connectivity index (χ3v) is 4.15. The molecule has 2 aliphatic rings. The van der Waals surface area contributed by atoms with Gasteiger partial charge in [0.05, 0.1) is 6.10 Å². The molecule has 4 heteroatoms. The number of ether oxygens (including phenoxy) is 1. The van der Waals surface area contributed by atoms with Gasteiger partial charge in [-0.05, 0) is 51.5 Å². The molecule has 0 radical (unpaired) electrons. The van der Waals surface area contributed by atoms with Crippen molar-refractivity contribution in [3.63, 3.8) is 0 Å². The van der Waals surface area contributed by atoms with E-state index in [0.717, 1.165) is 51.7 Å². The molecule has 2 saturated heterocycles. The van der Waals surface area contributed by atoms with Gasteiger partial charge in [0.15, 0.2) is 0 Å². The second-order valence-electron chi connectivity index (χ2n) is 5.49. The Hall–Kier alpha value is -0.610. The molecule has 104 valence electrons. The predicted octanol–water partition coefficient (Wildman–Crippen LogP) is 1.68. The first-order valence-electron chi connectivity index (χ1n) is 7.42. The second-order valence-corrected chi connectivity index (χ2v) is 5.49. The number of nitrogens with zero attached hydrogens (tertiary/aromatic N) is 1. The van der Waals surface area contributed by atoms with Crippen LogP contribution in [0.15, 0.2) is 0 Å². The van der Waals surface area contributed by atoms with Crippen molar-refractivity contribution in [1.82, 2.24) is 4.90 Å². The highest BCUT2D eigenvalue weighted by Gasteiger charge is 2.26. The van der Waals surface area contributed by atoms with Crippen LogP contribution in [0.3, 0.4) is 0 Å². The van der Waals surface area contributed by atoms with Crippen LogP contribution >= 0.6 is 0 Å². The van der Waals surface area contributed by atoms with Gasteiger partial charge in [-0.15, -0.1) is 0 Å². The normalized spacial score (nSPS) is 28.6. The van der Waals surface area contributed by atoms with Crippen LogP contribution in [0.25, 0.3) is 0 Å². The van der Waals surface area contributed by atoms with E-state index in [9.17, 15) is 4.79 Å². The van der Waals surface area contributed by atoms with Crippen LogP contribution < -0.4 is 5.73 Å². The number of carbonyl (C=O) groups is 1. The van der Waals surface area contributed by atoms with Gasteiger partial charge < -0.3 is 15.4 Å². The Bertz CT molecular complexity index is 263. The summed E-state index contributed by atoms with van der Waals surface area (Å²) in [6.07, 6.45) is 8.60. The number of piperidine rings is 1. The number of hydrogen-bond acceptors (Lipinski definition) is 3. The summed E-state index contributed by atoms with van der Waals surface area (Å²) in [5.41, 5.74) is 5.64. The van der Waals surface area contributed by atoms with Gasteiger partial charge in [-0.3, -0.25) is 4.79 Å². The fraction of sp³-hybridized carbons (Fsp3) is 0.929. The summed E-state index contributed by atoms with van der Waals surface area (Å²) in [6.45, 7) is 2.48. The molecule has 2 rings (SSSR count). The van der Waals surface area contributed by atoms with Crippen LogP contribution in [0.1, 0.15) is 51.4 Å². The molecule has 2 N–H and O–H groups in total. The van der Waals surface area contributed by atoms with Crippen molar-refractivity contribution in [2.45, 2.75) is 63.5 Å². The molecule has 18 heavy (non-hydrogen) atoms. The fourth-order valence-electron chi connectivity index (χ4n) is 3.12. The first-order chi connectivity index (χ1) is 8.81. The largest absolute Gasteiger partial charge is 0.378 e. The zero-order valence-electron chi connectivity index (χ0n) is 11.3. The van der Waals surface area contributed by atoms with Crippen molar-refractivity contribution >= 4 is 5.91 Å². The van der Waals surface area contributed by atoms with Crippen molar-refractivity contribution in [2.24, 2.45) is 5.73 Å². The lowest BCUT2D eigenvalue weighted by Gasteiger charge is -2.36. The van der Waals surface area contributed by atoms with Crippen LogP contribution in [-0.2, 0) is 9.53 Å². The Morgan fingerprint density at radius 3 is 2.83 bits per heavy atom. The molecule has 4 nitrogen and oxygen atoms in total. The summed E-state index contributed by atoms with van der Waals surface area (Å²) in [5, 5.41) is 0. The molecule has 2 atom stereocenters. The Balaban J connectivity index is 1.77. The molecule has 2 fully saturated rings.